The summed E-state index contributed by atoms with van der Waals surface area (Å²) < 4.78 is 10.5. The van der Waals surface area contributed by atoms with Crippen molar-refractivity contribution in [1.29, 1.82) is 0 Å². The molecule has 0 spiro atoms. The summed E-state index contributed by atoms with van der Waals surface area (Å²) in [5.41, 5.74) is 2.40. The first-order valence-corrected chi connectivity index (χ1v) is 9.84. The van der Waals surface area contributed by atoms with E-state index in [0.717, 1.165) is 38.4 Å². The van der Waals surface area contributed by atoms with Gasteiger partial charge in [0.05, 0.1) is 18.8 Å². The molecule has 1 heterocycles. The molecule has 30 heavy (non-hydrogen) atoms. The van der Waals surface area contributed by atoms with Crippen LogP contribution in [0.1, 0.15) is 26.3 Å². The van der Waals surface area contributed by atoms with E-state index in [2.05, 4.69) is 10.6 Å². The number of esters is 1. The third-order valence-electron chi connectivity index (χ3n) is 4.81. The number of hydrogen-bond donors (Lipinski definition) is 3. The molecule has 8 nitrogen and oxygen atoms in total. The Kier molecular flexibility index (Phi) is 7.53. The summed E-state index contributed by atoms with van der Waals surface area (Å²) in [4.78, 5) is 37.4. The summed E-state index contributed by atoms with van der Waals surface area (Å²) in [5, 5.41) is 5.13. The second-order valence-corrected chi connectivity index (χ2v) is 7.02. The molecule has 3 rings (SSSR count). The van der Waals surface area contributed by atoms with E-state index in [9.17, 15) is 14.4 Å². The van der Waals surface area contributed by atoms with Crippen LogP contribution < -0.4 is 15.5 Å². The molecule has 0 saturated carbocycles. The van der Waals surface area contributed by atoms with Gasteiger partial charge in [0.1, 0.15) is 19.6 Å². The van der Waals surface area contributed by atoms with Crippen molar-refractivity contribution in [3.8, 4) is 0 Å². The molecular weight excluding hydrogens is 386 g/mol. The van der Waals surface area contributed by atoms with Crippen LogP contribution in [0.3, 0.4) is 0 Å². The van der Waals surface area contributed by atoms with Crippen LogP contribution in [0, 0.1) is 0 Å². The van der Waals surface area contributed by atoms with Crippen LogP contribution in [0.4, 0.5) is 5.69 Å². The van der Waals surface area contributed by atoms with E-state index in [-0.39, 0.29) is 5.91 Å². The highest BCUT2D eigenvalue weighted by molar-refractivity contribution is 5.98. The minimum Gasteiger partial charge on any atom is -0.452 e. The average molecular weight is 412 g/mol. The number of amides is 2. The molecule has 0 aliphatic carbocycles. The first kappa shape index (κ1) is 21.5. The minimum atomic E-state index is -0.561. The standard InChI is InChI=1S/C22H25N3O5/c1-23-21(27)18-3-2-4-19(13-18)24-20(26)15-30-22(28)17-7-5-16(6-8-17)14-25-9-11-29-12-10-25/h2-8,13H,9-12,14-15H2,1H3,(H,23,27)(H,24,26)/p+1. The molecular formula is C22H26N3O5+. The lowest BCUT2D eigenvalue weighted by Gasteiger charge is -2.23. The van der Waals surface area contributed by atoms with Crippen LogP contribution in [0.15, 0.2) is 48.5 Å². The maximum atomic E-state index is 12.2. The van der Waals surface area contributed by atoms with Crippen molar-refractivity contribution in [2.75, 3.05) is 45.3 Å². The van der Waals surface area contributed by atoms with Crippen molar-refractivity contribution >= 4 is 23.5 Å². The number of rotatable bonds is 7. The molecule has 158 valence electrons. The lowest BCUT2D eigenvalue weighted by atomic mass is 10.1. The third kappa shape index (κ3) is 6.13. The number of carbonyl (C=O) groups excluding carboxylic acids is 3. The van der Waals surface area contributed by atoms with Crippen molar-refractivity contribution in [2.24, 2.45) is 0 Å². The first-order chi connectivity index (χ1) is 14.5. The van der Waals surface area contributed by atoms with E-state index in [1.807, 2.05) is 12.1 Å². The van der Waals surface area contributed by atoms with E-state index in [0.29, 0.717) is 16.8 Å². The number of benzene rings is 2. The first-order valence-electron chi connectivity index (χ1n) is 9.84. The van der Waals surface area contributed by atoms with Gasteiger partial charge in [-0.05, 0) is 30.3 Å². The lowest BCUT2D eigenvalue weighted by Crippen LogP contribution is -3.12. The molecule has 0 bridgehead atoms. The third-order valence-corrected chi connectivity index (χ3v) is 4.81. The van der Waals surface area contributed by atoms with Crippen molar-refractivity contribution in [2.45, 2.75) is 6.54 Å². The number of carbonyl (C=O) groups is 3. The number of ether oxygens (including phenoxy) is 2. The highest BCUT2D eigenvalue weighted by Crippen LogP contribution is 2.11. The Morgan fingerprint density at radius 3 is 2.47 bits per heavy atom. The molecule has 3 N–H and O–H groups in total. The van der Waals surface area contributed by atoms with Gasteiger partial charge in [-0.25, -0.2) is 4.79 Å². The SMILES string of the molecule is CNC(=O)c1cccc(NC(=O)COC(=O)c2ccc(C[NH+]3CCOCC3)cc2)c1. The Hall–Kier alpha value is -3.23. The van der Waals surface area contributed by atoms with Crippen LogP contribution >= 0.6 is 0 Å². The fraction of sp³-hybridized carbons (Fsp3) is 0.318. The van der Waals surface area contributed by atoms with E-state index in [4.69, 9.17) is 9.47 Å². The van der Waals surface area contributed by atoms with Gasteiger partial charge in [0.15, 0.2) is 6.61 Å². The lowest BCUT2D eigenvalue weighted by molar-refractivity contribution is -0.921. The van der Waals surface area contributed by atoms with Gasteiger partial charge in [-0.2, -0.15) is 0 Å². The molecule has 8 heteroatoms. The van der Waals surface area contributed by atoms with Crippen LogP contribution in [-0.2, 0) is 20.8 Å². The van der Waals surface area contributed by atoms with Crippen molar-refractivity contribution in [3.63, 3.8) is 0 Å². The van der Waals surface area contributed by atoms with E-state index < -0.39 is 18.5 Å². The average Bonchev–Trinajstić information content (AvgIpc) is 2.78. The Labute approximate surface area is 175 Å². The molecule has 1 aliphatic heterocycles. The molecule has 2 aromatic rings. The maximum Gasteiger partial charge on any atom is 0.338 e. The molecule has 1 fully saturated rings. The van der Waals surface area contributed by atoms with Crippen molar-refractivity contribution in [1.82, 2.24) is 5.32 Å². The predicted molar refractivity (Wildman–Crippen MR) is 110 cm³/mol. The Morgan fingerprint density at radius 2 is 1.77 bits per heavy atom. The number of anilines is 1. The fourth-order valence-electron chi connectivity index (χ4n) is 3.18. The normalized spacial score (nSPS) is 14.0. The largest absolute Gasteiger partial charge is 0.452 e. The van der Waals surface area contributed by atoms with Gasteiger partial charge < -0.3 is 25.0 Å². The van der Waals surface area contributed by atoms with Crippen molar-refractivity contribution in [3.05, 3.63) is 65.2 Å². The predicted octanol–water partition coefficient (Wildman–Crippen LogP) is 0.257. The van der Waals surface area contributed by atoms with Gasteiger partial charge in [-0.3, -0.25) is 9.59 Å². The molecule has 0 aromatic heterocycles. The molecule has 2 amide bonds. The van der Waals surface area contributed by atoms with Gasteiger partial charge in [-0.1, -0.05) is 18.2 Å². The van der Waals surface area contributed by atoms with E-state index >= 15 is 0 Å². The monoisotopic (exact) mass is 412 g/mol. The Balaban J connectivity index is 1.47. The van der Waals surface area contributed by atoms with Crippen LogP contribution in [0.25, 0.3) is 0 Å². The Bertz CT molecular complexity index is 892. The molecule has 0 radical (unpaired) electrons. The van der Waals surface area contributed by atoms with Crippen molar-refractivity contribution < 1.29 is 28.8 Å². The second-order valence-electron chi connectivity index (χ2n) is 7.02. The van der Waals surface area contributed by atoms with Gasteiger partial charge in [0.2, 0.25) is 0 Å². The molecule has 0 unspecified atom stereocenters. The van der Waals surface area contributed by atoms with E-state index in [1.165, 1.54) is 11.9 Å². The summed E-state index contributed by atoms with van der Waals surface area (Å²) in [6.07, 6.45) is 0. The maximum absolute atomic E-state index is 12.2. The van der Waals surface area contributed by atoms with Gasteiger partial charge in [0.25, 0.3) is 11.8 Å². The number of nitrogens with one attached hydrogen (secondary N) is 3. The molecule has 2 aromatic carbocycles. The quantitative estimate of drug-likeness (QED) is 0.567. The zero-order valence-electron chi connectivity index (χ0n) is 16.9. The zero-order chi connectivity index (χ0) is 21.3. The fourth-order valence-corrected chi connectivity index (χ4v) is 3.18. The topological polar surface area (TPSA) is 98.2 Å². The minimum absolute atomic E-state index is 0.254. The van der Waals surface area contributed by atoms with Crippen LogP contribution in [-0.4, -0.2) is 57.7 Å². The second kappa shape index (κ2) is 10.5. The molecule has 1 aliphatic rings. The summed E-state index contributed by atoms with van der Waals surface area (Å²) in [5.74, 6) is -1.30. The number of hydrogen-bond acceptors (Lipinski definition) is 5. The number of morpholine rings is 1. The molecule has 0 atom stereocenters. The summed E-state index contributed by atoms with van der Waals surface area (Å²) in [6, 6.07) is 13.7. The summed E-state index contributed by atoms with van der Waals surface area (Å²) in [6.45, 7) is 3.98. The zero-order valence-corrected chi connectivity index (χ0v) is 16.9. The highest BCUT2D eigenvalue weighted by atomic mass is 16.5. The van der Waals surface area contributed by atoms with Gasteiger partial charge in [0, 0.05) is 23.9 Å². The molecule has 1 saturated heterocycles. The summed E-state index contributed by atoms with van der Waals surface area (Å²) >= 11 is 0. The van der Waals surface area contributed by atoms with E-state index in [1.54, 1.807) is 36.4 Å². The highest BCUT2D eigenvalue weighted by Gasteiger charge is 2.15. The Morgan fingerprint density at radius 1 is 1.03 bits per heavy atom. The smallest absolute Gasteiger partial charge is 0.338 e. The number of quaternary nitrogens is 1. The van der Waals surface area contributed by atoms with Crippen LogP contribution in [0.5, 0.6) is 0 Å². The van der Waals surface area contributed by atoms with Crippen LogP contribution in [0.2, 0.25) is 0 Å². The van der Waals surface area contributed by atoms with Gasteiger partial charge >= 0.3 is 5.97 Å². The van der Waals surface area contributed by atoms with Gasteiger partial charge in [-0.15, -0.1) is 0 Å². The summed E-state index contributed by atoms with van der Waals surface area (Å²) in [7, 11) is 1.53.